The Bertz CT molecular complexity index is 1140. The number of nitrogens with zero attached hydrogens (tertiary/aromatic N) is 2. The molecule has 0 saturated heterocycles. The molecule has 5 nitrogen and oxygen atoms in total. The van der Waals surface area contributed by atoms with Crippen molar-refractivity contribution in [2.45, 2.75) is 0 Å². The van der Waals surface area contributed by atoms with Crippen LogP contribution >= 0.6 is 11.6 Å². The van der Waals surface area contributed by atoms with Gasteiger partial charge in [0.1, 0.15) is 5.69 Å². The highest BCUT2D eigenvalue weighted by Gasteiger charge is 2.12. The van der Waals surface area contributed by atoms with Gasteiger partial charge in [-0.25, -0.2) is 4.79 Å². The summed E-state index contributed by atoms with van der Waals surface area (Å²) in [6.45, 7) is 0. The van der Waals surface area contributed by atoms with Crippen molar-refractivity contribution >= 4 is 39.8 Å². The summed E-state index contributed by atoms with van der Waals surface area (Å²) < 4.78 is 0. The van der Waals surface area contributed by atoms with Crippen LogP contribution in [0.2, 0.25) is 5.02 Å². The molecule has 0 bridgehead atoms. The minimum absolute atomic E-state index is 0.232. The summed E-state index contributed by atoms with van der Waals surface area (Å²) in [7, 11) is 0. The molecular formula is C21H14ClN3O2. The molecule has 0 unspecified atom stereocenters. The molecule has 0 amide bonds. The van der Waals surface area contributed by atoms with Crippen molar-refractivity contribution in [1.29, 1.82) is 0 Å². The summed E-state index contributed by atoms with van der Waals surface area (Å²) >= 11 is 6.05. The average molecular weight is 376 g/mol. The second-order valence-corrected chi connectivity index (χ2v) is 6.40. The first kappa shape index (κ1) is 17.0. The van der Waals surface area contributed by atoms with Crippen molar-refractivity contribution in [2.24, 2.45) is 0 Å². The second kappa shape index (κ2) is 7.05. The molecule has 27 heavy (non-hydrogen) atoms. The van der Waals surface area contributed by atoms with E-state index in [1.807, 2.05) is 42.5 Å². The SMILES string of the molecule is O=C(O)c1ccc(-c2nnc(Nc3cccc(Cl)c3)c3ccccc23)cc1. The summed E-state index contributed by atoms with van der Waals surface area (Å²) in [6, 6.07) is 21.8. The fraction of sp³-hybridized carbons (Fsp3) is 0. The Labute approximate surface area is 160 Å². The molecule has 0 aliphatic carbocycles. The molecule has 2 N–H and O–H groups in total. The Morgan fingerprint density at radius 2 is 1.63 bits per heavy atom. The fourth-order valence-electron chi connectivity index (χ4n) is 2.88. The Morgan fingerprint density at radius 3 is 2.33 bits per heavy atom. The van der Waals surface area contributed by atoms with Crippen LogP contribution in [0.5, 0.6) is 0 Å². The number of aromatic carboxylic acids is 1. The van der Waals surface area contributed by atoms with Crippen molar-refractivity contribution in [1.82, 2.24) is 10.2 Å². The first-order valence-electron chi connectivity index (χ1n) is 8.23. The van der Waals surface area contributed by atoms with Crippen LogP contribution in [0.25, 0.3) is 22.0 Å². The molecule has 1 aromatic heterocycles. The van der Waals surface area contributed by atoms with Gasteiger partial charge in [0.15, 0.2) is 5.82 Å². The molecule has 132 valence electrons. The van der Waals surface area contributed by atoms with Gasteiger partial charge in [0.05, 0.1) is 5.56 Å². The van der Waals surface area contributed by atoms with Crippen LogP contribution in [-0.2, 0) is 0 Å². The Morgan fingerprint density at radius 1 is 0.889 bits per heavy atom. The van der Waals surface area contributed by atoms with Crippen LogP contribution in [0.15, 0.2) is 72.8 Å². The average Bonchev–Trinajstić information content (AvgIpc) is 2.68. The zero-order valence-electron chi connectivity index (χ0n) is 14.1. The van der Waals surface area contributed by atoms with Crippen LogP contribution < -0.4 is 5.32 Å². The molecule has 0 aliphatic rings. The van der Waals surface area contributed by atoms with Gasteiger partial charge >= 0.3 is 5.97 Å². The number of fused-ring (bicyclic) bond motifs is 1. The van der Waals surface area contributed by atoms with Gasteiger partial charge in [-0.15, -0.1) is 10.2 Å². The minimum atomic E-state index is -0.960. The van der Waals surface area contributed by atoms with E-state index in [2.05, 4.69) is 15.5 Å². The van der Waals surface area contributed by atoms with E-state index in [0.29, 0.717) is 16.5 Å². The molecule has 0 fully saturated rings. The third kappa shape index (κ3) is 3.45. The predicted octanol–water partition coefficient (Wildman–Crippen LogP) is 5.39. The number of benzene rings is 3. The van der Waals surface area contributed by atoms with Crippen LogP contribution in [0.1, 0.15) is 10.4 Å². The molecule has 4 aromatic rings. The Balaban J connectivity index is 1.79. The molecule has 0 atom stereocenters. The first-order chi connectivity index (χ1) is 13.1. The number of rotatable bonds is 4. The van der Waals surface area contributed by atoms with Crippen LogP contribution in [-0.4, -0.2) is 21.3 Å². The van der Waals surface area contributed by atoms with E-state index >= 15 is 0 Å². The van der Waals surface area contributed by atoms with E-state index in [-0.39, 0.29) is 5.56 Å². The highest BCUT2D eigenvalue weighted by Crippen LogP contribution is 2.31. The Kier molecular flexibility index (Phi) is 4.44. The van der Waals surface area contributed by atoms with Crippen molar-refractivity contribution < 1.29 is 9.90 Å². The molecule has 0 spiro atoms. The highest BCUT2D eigenvalue weighted by molar-refractivity contribution is 6.30. The summed E-state index contributed by atoms with van der Waals surface area (Å²) in [6.07, 6.45) is 0. The van der Waals surface area contributed by atoms with Gasteiger partial charge in [-0.05, 0) is 30.3 Å². The van der Waals surface area contributed by atoms with E-state index in [0.717, 1.165) is 22.0 Å². The van der Waals surface area contributed by atoms with Gasteiger partial charge in [-0.3, -0.25) is 0 Å². The smallest absolute Gasteiger partial charge is 0.335 e. The number of carboxylic acids is 1. The van der Waals surface area contributed by atoms with Crippen molar-refractivity contribution in [3.63, 3.8) is 0 Å². The summed E-state index contributed by atoms with van der Waals surface area (Å²) in [4.78, 5) is 11.1. The van der Waals surface area contributed by atoms with Gasteiger partial charge < -0.3 is 10.4 Å². The van der Waals surface area contributed by atoms with Crippen LogP contribution in [0.4, 0.5) is 11.5 Å². The lowest BCUT2D eigenvalue weighted by molar-refractivity contribution is 0.0697. The maximum atomic E-state index is 11.1. The molecule has 4 rings (SSSR count). The van der Waals surface area contributed by atoms with Crippen molar-refractivity contribution in [3.8, 4) is 11.3 Å². The summed E-state index contributed by atoms with van der Waals surface area (Å²) in [5.74, 6) is -0.336. The van der Waals surface area contributed by atoms with Crippen LogP contribution in [0.3, 0.4) is 0 Å². The van der Waals surface area contributed by atoms with Gasteiger partial charge in [0.25, 0.3) is 0 Å². The topological polar surface area (TPSA) is 75.1 Å². The van der Waals surface area contributed by atoms with Gasteiger partial charge in [0.2, 0.25) is 0 Å². The molecule has 0 radical (unpaired) electrons. The van der Waals surface area contributed by atoms with Gasteiger partial charge in [-0.2, -0.15) is 0 Å². The molecule has 0 aliphatic heterocycles. The zero-order valence-corrected chi connectivity index (χ0v) is 14.8. The lowest BCUT2D eigenvalue weighted by atomic mass is 10.0. The molecular weight excluding hydrogens is 362 g/mol. The van der Waals surface area contributed by atoms with E-state index in [1.54, 1.807) is 30.3 Å². The lowest BCUT2D eigenvalue weighted by Gasteiger charge is -2.11. The third-order valence-corrected chi connectivity index (χ3v) is 4.42. The van der Waals surface area contributed by atoms with E-state index in [9.17, 15) is 4.79 Å². The van der Waals surface area contributed by atoms with E-state index in [1.165, 1.54) is 0 Å². The molecule has 3 aromatic carbocycles. The maximum Gasteiger partial charge on any atom is 0.335 e. The second-order valence-electron chi connectivity index (χ2n) is 5.96. The normalized spacial score (nSPS) is 10.7. The zero-order chi connectivity index (χ0) is 18.8. The molecule has 6 heteroatoms. The number of hydrogen-bond acceptors (Lipinski definition) is 4. The van der Waals surface area contributed by atoms with Crippen molar-refractivity contribution in [2.75, 3.05) is 5.32 Å². The molecule has 0 saturated carbocycles. The number of carbonyl (C=O) groups is 1. The van der Waals surface area contributed by atoms with Gasteiger partial charge in [0, 0.05) is 27.0 Å². The number of aromatic nitrogens is 2. The van der Waals surface area contributed by atoms with E-state index in [4.69, 9.17) is 16.7 Å². The standard InChI is InChI=1S/C21H14ClN3O2/c22-15-4-3-5-16(12-15)23-20-18-7-2-1-6-17(18)19(24-25-20)13-8-10-14(11-9-13)21(26)27/h1-12H,(H,23,25)(H,26,27). The quantitative estimate of drug-likeness (QED) is 0.500. The monoisotopic (exact) mass is 375 g/mol. The molecule has 1 heterocycles. The maximum absolute atomic E-state index is 11.1. The lowest BCUT2D eigenvalue weighted by Crippen LogP contribution is -2.00. The predicted molar refractivity (Wildman–Crippen MR) is 107 cm³/mol. The number of anilines is 2. The Hall–Kier alpha value is -3.44. The number of halogens is 1. The first-order valence-corrected chi connectivity index (χ1v) is 8.61. The minimum Gasteiger partial charge on any atom is -0.478 e. The summed E-state index contributed by atoms with van der Waals surface area (Å²) in [5, 5.41) is 23.5. The van der Waals surface area contributed by atoms with Crippen LogP contribution in [0, 0.1) is 0 Å². The third-order valence-electron chi connectivity index (χ3n) is 4.18. The fourth-order valence-corrected chi connectivity index (χ4v) is 3.07. The number of carboxylic acid groups (broad SMARTS) is 1. The number of nitrogens with one attached hydrogen (secondary N) is 1. The number of hydrogen-bond donors (Lipinski definition) is 2. The summed E-state index contributed by atoms with van der Waals surface area (Å²) in [5.41, 5.74) is 2.55. The van der Waals surface area contributed by atoms with E-state index < -0.39 is 5.97 Å². The highest BCUT2D eigenvalue weighted by atomic mass is 35.5. The van der Waals surface area contributed by atoms with Crippen molar-refractivity contribution in [3.05, 3.63) is 83.4 Å². The largest absolute Gasteiger partial charge is 0.478 e. The van der Waals surface area contributed by atoms with Gasteiger partial charge in [-0.1, -0.05) is 54.1 Å².